The summed E-state index contributed by atoms with van der Waals surface area (Å²) in [6.07, 6.45) is 4.27. The molecule has 0 aromatic heterocycles. The number of nitro benzene ring substituents is 1. The molecule has 2 N–H and O–H groups in total. The fourth-order valence-corrected chi connectivity index (χ4v) is 3.36. The number of thiocarbonyl (C=S) groups is 1. The monoisotopic (exact) mass is 493 g/mol. The first-order valence-corrected chi connectivity index (χ1v) is 10.8. The predicted octanol–water partition coefficient (Wildman–Crippen LogP) is 5.75. The Balaban J connectivity index is 2.06. The lowest BCUT2D eigenvalue weighted by molar-refractivity contribution is -0.385. The Bertz CT molecular complexity index is 936. The molecular formula is C21H24BrN3O4S. The number of nitrogens with one attached hydrogen (secondary N) is 2. The van der Waals surface area contributed by atoms with Gasteiger partial charge in [-0.25, -0.2) is 0 Å². The van der Waals surface area contributed by atoms with E-state index in [4.69, 9.17) is 17.0 Å². The van der Waals surface area contributed by atoms with Crippen LogP contribution in [0.15, 0.2) is 40.9 Å². The van der Waals surface area contributed by atoms with Gasteiger partial charge in [-0.15, -0.1) is 0 Å². The van der Waals surface area contributed by atoms with Gasteiger partial charge in [-0.1, -0.05) is 48.2 Å². The molecule has 0 saturated heterocycles. The summed E-state index contributed by atoms with van der Waals surface area (Å²) < 4.78 is 6.54. The van der Waals surface area contributed by atoms with Gasteiger partial charge < -0.3 is 10.1 Å². The van der Waals surface area contributed by atoms with Gasteiger partial charge in [-0.2, -0.15) is 0 Å². The molecule has 0 aliphatic heterocycles. The fraction of sp³-hybridized carbons (Fsp3) is 0.333. The van der Waals surface area contributed by atoms with E-state index in [2.05, 4.69) is 33.5 Å². The van der Waals surface area contributed by atoms with E-state index in [1.165, 1.54) is 6.07 Å². The zero-order valence-corrected chi connectivity index (χ0v) is 19.3. The number of halogens is 1. The van der Waals surface area contributed by atoms with Gasteiger partial charge >= 0.3 is 0 Å². The summed E-state index contributed by atoms with van der Waals surface area (Å²) in [6.45, 7) is 4.28. The van der Waals surface area contributed by atoms with Crippen molar-refractivity contribution in [1.29, 1.82) is 0 Å². The highest BCUT2D eigenvalue weighted by Gasteiger charge is 2.17. The minimum Gasteiger partial charge on any atom is -0.493 e. The van der Waals surface area contributed by atoms with Crippen LogP contribution in [-0.4, -0.2) is 22.5 Å². The lowest BCUT2D eigenvalue weighted by atomic mass is 10.1. The SMILES string of the molecule is CCCCCCOc1ccc(Br)cc1C(=O)NC(=S)Nc1cccc([N+](=O)[O-])c1C. The fourth-order valence-electron chi connectivity index (χ4n) is 2.80. The largest absolute Gasteiger partial charge is 0.493 e. The van der Waals surface area contributed by atoms with Crippen molar-refractivity contribution in [2.45, 2.75) is 39.5 Å². The molecule has 9 heteroatoms. The second-order valence-corrected chi connectivity index (χ2v) is 7.99. The third-order valence-electron chi connectivity index (χ3n) is 4.42. The van der Waals surface area contributed by atoms with E-state index in [1.807, 2.05) is 0 Å². The molecule has 0 unspecified atom stereocenters. The van der Waals surface area contributed by atoms with E-state index in [0.29, 0.717) is 29.2 Å². The topological polar surface area (TPSA) is 93.5 Å². The van der Waals surface area contributed by atoms with Gasteiger partial charge in [0.1, 0.15) is 5.75 Å². The van der Waals surface area contributed by atoms with Crippen LogP contribution in [0.1, 0.15) is 48.5 Å². The zero-order valence-electron chi connectivity index (χ0n) is 16.9. The number of hydrogen-bond donors (Lipinski definition) is 2. The number of rotatable bonds is 9. The maximum Gasteiger partial charge on any atom is 0.274 e. The first kappa shape index (κ1) is 23.8. The molecule has 0 bridgehead atoms. The smallest absolute Gasteiger partial charge is 0.274 e. The summed E-state index contributed by atoms with van der Waals surface area (Å²) in [6, 6.07) is 9.83. The molecule has 0 fully saturated rings. The summed E-state index contributed by atoms with van der Waals surface area (Å²) in [5.41, 5.74) is 1.20. The van der Waals surface area contributed by atoms with Crippen LogP contribution in [0.4, 0.5) is 11.4 Å². The van der Waals surface area contributed by atoms with E-state index in [9.17, 15) is 14.9 Å². The number of amides is 1. The average Bonchev–Trinajstić information content (AvgIpc) is 2.70. The molecule has 7 nitrogen and oxygen atoms in total. The van der Waals surface area contributed by atoms with Gasteiger partial charge in [-0.05, 0) is 49.8 Å². The minimum absolute atomic E-state index is 0.0279. The number of carbonyl (C=O) groups excluding carboxylic acids is 1. The van der Waals surface area contributed by atoms with Crippen molar-refractivity contribution in [3.05, 3.63) is 62.1 Å². The molecular weight excluding hydrogens is 470 g/mol. The maximum atomic E-state index is 12.8. The molecule has 30 heavy (non-hydrogen) atoms. The molecule has 0 radical (unpaired) electrons. The van der Waals surface area contributed by atoms with Crippen LogP contribution < -0.4 is 15.4 Å². The van der Waals surface area contributed by atoms with E-state index in [-0.39, 0.29) is 10.8 Å². The first-order chi connectivity index (χ1) is 14.3. The van der Waals surface area contributed by atoms with Crippen LogP contribution in [0, 0.1) is 17.0 Å². The molecule has 0 aliphatic carbocycles. The number of hydrogen-bond acceptors (Lipinski definition) is 5. The maximum absolute atomic E-state index is 12.8. The van der Waals surface area contributed by atoms with Crippen LogP contribution in [0.3, 0.4) is 0 Å². The Hall–Kier alpha value is -2.52. The molecule has 0 atom stereocenters. The van der Waals surface area contributed by atoms with Gasteiger partial charge in [0.05, 0.1) is 28.3 Å². The number of carbonyl (C=O) groups is 1. The number of nitro groups is 1. The normalized spacial score (nSPS) is 10.4. The van der Waals surface area contributed by atoms with Crippen molar-refractivity contribution in [1.82, 2.24) is 5.32 Å². The zero-order chi connectivity index (χ0) is 22.1. The van der Waals surface area contributed by atoms with Gasteiger partial charge in [0.15, 0.2) is 5.11 Å². The summed E-state index contributed by atoms with van der Waals surface area (Å²) in [5.74, 6) is 0.0435. The number of nitrogens with zero attached hydrogens (tertiary/aromatic N) is 1. The molecule has 2 aromatic rings. The van der Waals surface area contributed by atoms with E-state index in [1.54, 1.807) is 37.3 Å². The summed E-state index contributed by atoms with van der Waals surface area (Å²) >= 11 is 8.60. The van der Waals surface area contributed by atoms with Crippen molar-refractivity contribution in [2.75, 3.05) is 11.9 Å². The molecule has 1 amide bonds. The lowest BCUT2D eigenvalue weighted by Crippen LogP contribution is -2.34. The van der Waals surface area contributed by atoms with Gasteiger partial charge in [-0.3, -0.25) is 20.2 Å². The molecule has 0 heterocycles. The van der Waals surface area contributed by atoms with E-state index in [0.717, 1.165) is 30.2 Å². The Morgan fingerprint density at radius 2 is 2.00 bits per heavy atom. The summed E-state index contributed by atoms with van der Waals surface area (Å²) in [5, 5.41) is 16.6. The molecule has 0 aliphatic rings. The highest BCUT2D eigenvalue weighted by molar-refractivity contribution is 9.10. The van der Waals surface area contributed by atoms with Crippen molar-refractivity contribution >= 4 is 50.5 Å². The van der Waals surface area contributed by atoms with E-state index >= 15 is 0 Å². The summed E-state index contributed by atoms with van der Waals surface area (Å²) in [4.78, 5) is 23.4. The number of anilines is 1. The number of benzene rings is 2. The van der Waals surface area contributed by atoms with Gasteiger partial charge in [0.2, 0.25) is 0 Å². The van der Waals surface area contributed by atoms with Crippen molar-refractivity contribution < 1.29 is 14.5 Å². The van der Waals surface area contributed by atoms with Gasteiger partial charge in [0, 0.05) is 10.5 Å². The Labute approximate surface area is 189 Å². The summed E-state index contributed by atoms with van der Waals surface area (Å²) in [7, 11) is 0. The third kappa shape index (κ3) is 6.77. The third-order valence-corrected chi connectivity index (χ3v) is 5.12. The van der Waals surface area contributed by atoms with Crippen LogP contribution >= 0.6 is 28.1 Å². The standard InChI is InChI=1S/C21H24BrN3O4S/c1-3-4-5-6-12-29-19-11-10-15(22)13-16(19)20(26)24-21(30)23-17-8-7-9-18(14(17)2)25(27)28/h7-11,13H,3-6,12H2,1-2H3,(H2,23,24,26,30). The highest BCUT2D eigenvalue weighted by atomic mass is 79.9. The van der Waals surface area contributed by atoms with Crippen molar-refractivity contribution in [2.24, 2.45) is 0 Å². The van der Waals surface area contributed by atoms with E-state index < -0.39 is 10.8 Å². The Morgan fingerprint density at radius 1 is 1.23 bits per heavy atom. The van der Waals surface area contributed by atoms with Gasteiger partial charge in [0.25, 0.3) is 11.6 Å². The molecule has 0 spiro atoms. The molecule has 0 saturated carbocycles. The average molecular weight is 494 g/mol. The van der Waals surface area contributed by atoms with Crippen molar-refractivity contribution in [3.63, 3.8) is 0 Å². The molecule has 160 valence electrons. The molecule has 2 aromatic carbocycles. The Morgan fingerprint density at radius 3 is 2.70 bits per heavy atom. The second kappa shape index (κ2) is 11.6. The minimum atomic E-state index is -0.465. The quantitative estimate of drug-likeness (QED) is 0.200. The van der Waals surface area contributed by atoms with Crippen molar-refractivity contribution in [3.8, 4) is 5.75 Å². The molecule has 2 rings (SSSR count). The number of ether oxygens (including phenoxy) is 1. The lowest BCUT2D eigenvalue weighted by Gasteiger charge is -2.14. The highest BCUT2D eigenvalue weighted by Crippen LogP contribution is 2.26. The second-order valence-electron chi connectivity index (χ2n) is 6.66. The first-order valence-electron chi connectivity index (χ1n) is 9.62. The van der Waals surface area contributed by atoms with Crippen LogP contribution in [-0.2, 0) is 0 Å². The number of unbranched alkanes of at least 4 members (excludes halogenated alkanes) is 3. The Kier molecular flexibility index (Phi) is 9.19. The van der Waals surface area contributed by atoms with Crippen LogP contribution in [0.25, 0.3) is 0 Å². The van der Waals surface area contributed by atoms with Crippen LogP contribution in [0.5, 0.6) is 5.75 Å². The van der Waals surface area contributed by atoms with Crippen LogP contribution in [0.2, 0.25) is 0 Å². The predicted molar refractivity (Wildman–Crippen MR) is 125 cm³/mol.